The van der Waals surface area contributed by atoms with Crippen molar-refractivity contribution in [2.24, 2.45) is 20.6 Å². The summed E-state index contributed by atoms with van der Waals surface area (Å²) in [5.41, 5.74) is 2.12. The molecule has 0 bridgehead atoms. The zero-order chi connectivity index (χ0) is 36.2. The van der Waals surface area contributed by atoms with Gasteiger partial charge in [-0.05, 0) is 86.2 Å². The van der Waals surface area contributed by atoms with Gasteiger partial charge in [-0.3, -0.25) is 0 Å². The molecule has 0 aliphatic carbocycles. The van der Waals surface area contributed by atoms with Crippen LogP contribution in [-0.4, -0.2) is 55.4 Å². The minimum absolute atomic E-state index is 0.0316. The monoisotopic (exact) mass is 722 g/mol. The first-order valence-electron chi connectivity index (χ1n) is 17.1. The molecule has 10 heteroatoms. The first kappa shape index (κ1) is 41.9. The molecule has 0 aliphatic rings. The molecule has 0 heterocycles. The van der Waals surface area contributed by atoms with Gasteiger partial charge in [-0.15, -0.1) is 0 Å². The van der Waals surface area contributed by atoms with Gasteiger partial charge in [0.2, 0.25) is 0 Å². The quantitative estimate of drug-likeness (QED) is 0.182. The van der Waals surface area contributed by atoms with Gasteiger partial charge in [-0.2, -0.15) is 0 Å². The van der Waals surface area contributed by atoms with Gasteiger partial charge in [0.05, 0.1) is 44.8 Å². The van der Waals surface area contributed by atoms with E-state index in [1.165, 1.54) is 0 Å². The van der Waals surface area contributed by atoms with E-state index in [0.717, 1.165) is 11.1 Å². The summed E-state index contributed by atoms with van der Waals surface area (Å²) < 4.78 is 54.6. The van der Waals surface area contributed by atoms with Gasteiger partial charge in [-0.25, -0.2) is 17.1 Å². The van der Waals surface area contributed by atoms with Gasteiger partial charge in [0.15, 0.2) is 16.6 Å². The second kappa shape index (κ2) is 15.7. The molecule has 0 radical (unpaired) electrons. The molecule has 2 aromatic carbocycles. The van der Waals surface area contributed by atoms with Crippen molar-refractivity contribution in [1.29, 1.82) is 0 Å². The summed E-state index contributed by atoms with van der Waals surface area (Å²) in [4.78, 5) is 1.16. The second-order valence-electron chi connectivity index (χ2n) is 17.0. The van der Waals surface area contributed by atoms with Crippen LogP contribution in [0.4, 0.5) is 0 Å². The Morgan fingerprint density at radius 2 is 0.872 bits per heavy atom. The van der Waals surface area contributed by atoms with E-state index in [4.69, 9.17) is 17.6 Å². The first-order valence-corrected chi connectivity index (χ1v) is 26.3. The Kier molecular flexibility index (Phi) is 14.0. The molecule has 0 spiro atoms. The van der Waals surface area contributed by atoms with Crippen LogP contribution in [-0.2, 0) is 28.3 Å². The van der Waals surface area contributed by atoms with E-state index in [2.05, 4.69) is 95.4 Å². The van der Waals surface area contributed by atoms with Crippen molar-refractivity contribution in [1.82, 2.24) is 0 Å². The normalized spacial score (nSPS) is 17.2. The minimum Gasteiger partial charge on any atom is -0.415 e. The molecule has 4 atom stereocenters. The molecule has 2 aromatic rings. The molecule has 0 fully saturated rings. The van der Waals surface area contributed by atoms with Crippen LogP contribution in [0.25, 0.3) is 0 Å². The van der Waals surface area contributed by atoms with Gasteiger partial charge in [0, 0.05) is 9.79 Å². The fraction of sp³-hybridized carbons (Fsp3) is 0.676. The van der Waals surface area contributed by atoms with Crippen LogP contribution in [0, 0.1) is 25.7 Å². The summed E-state index contributed by atoms with van der Waals surface area (Å²) in [6.07, 6.45) is 0. The summed E-state index contributed by atoms with van der Waals surface area (Å²) in [7, 11) is -10.6. The van der Waals surface area contributed by atoms with Crippen LogP contribution < -0.4 is 0 Å². The fourth-order valence-electron chi connectivity index (χ4n) is 4.18. The second-order valence-corrected chi connectivity index (χ2v) is 31.5. The SMILES string of the molecule is Cc1ccc(S(=O)(CS(=O)(=N[C@H](CO[Si](C)(C)C(C)(C)C)C(C)C)c2ccc(C)cc2)=N[C@H](CO[Si](C)(C)C(C)(C)C)C(C)C)cc1. The van der Waals surface area contributed by atoms with E-state index >= 15 is 8.42 Å². The van der Waals surface area contributed by atoms with Gasteiger partial charge in [0.25, 0.3) is 0 Å². The molecule has 0 N–H and O–H groups in total. The Labute approximate surface area is 291 Å². The lowest BCUT2D eigenvalue weighted by Crippen LogP contribution is -2.43. The maximum atomic E-state index is 15.5. The lowest BCUT2D eigenvalue weighted by atomic mass is 10.1. The Morgan fingerprint density at radius 3 is 1.11 bits per heavy atom. The third-order valence-corrected chi connectivity index (χ3v) is 24.9. The summed E-state index contributed by atoms with van der Waals surface area (Å²) in [5, 5.41) is -0.132. The molecular weight excluding hydrogens is 657 g/mol. The van der Waals surface area contributed by atoms with Gasteiger partial charge in [-0.1, -0.05) is 105 Å². The molecule has 6 nitrogen and oxygen atoms in total. The average Bonchev–Trinajstić information content (AvgIpc) is 2.92. The summed E-state index contributed by atoms with van der Waals surface area (Å²) >= 11 is 0. The third-order valence-electron chi connectivity index (χ3n) is 10.1. The van der Waals surface area contributed by atoms with E-state index in [-0.39, 0.29) is 39.1 Å². The van der Waals surface area contributed by atoms with Crippen molar-refractivity contribution < 1.29 is 17.3 Å². The number of aryl methyl sites for hydroxylation is 2. The largest absolute Gasteiger partial charge is 0.415 e. The summed E-state index contributed by atoms with van der Waals surface area (Å²) in [6.45, 7) is 35.3. The van der Waals surface area contributed by atoms with E-state index < -0.39 is 36.1 Å². The zero-order valence-corrected chi connectivity index (χ0v) is 36.0. The fourth-order valence-corrected chi connectivity index (χ4v) is 12.4. The molecule has 47 heavy (non-hydrogen) atoms. The first-order chi connectivity index (χ1) is 21.2. The predicted molar refractivity (Wildman–Crippen MR) is 208 cm³/mol. The van der Waals surface area contributed by atoms with Gasteiger partial charge >= 0.3 is 0 Å². The van der Waals surface area contributed by atoms with Crippen LogP contribution in [0.2, 0.25) is 36.3 Å². The summed E-state index contributed by atoms with van der Waals surface area (Å²) in [6, 6.07) is 14.6. The maximum Gasteiger partial charge on any atom is 0.192 e. The highest BCUT2D eigenvalue weighted by Crippen LogP contribution is 2.38. The van der Waals surface area contributed by atoms with Crippen molar-refractivity contribution in [2.45, 2.75) is 141 Å². The highest BCUT2D eigenvalue weighted by atomic mass is 32.3. The van der Waals surface area contributed by atoms with E-state index in [1.807, 2.05) is 62.4 Å². The maximum absolute atomic E-state index is 15.5. The lowest BCUT2D eigenvalue weighted by molar-refractivity contribution is 0.240. The van der Waals surface area contributed by atoms with Crippen molar-refractivity contribution in [3.63, 3.8) is 0 Å². The highest BCUT2D eigenvalue weighted by Gasteiger charge is 2.39. The molecule has 2 rings (SSSR count). The van der Waals surface area contributed by atoms with E-state index in [9.17, 15) is 0 Å². The standard InChI is InChI=1S/C37H66N2O4S2Si2/c1-28(2)34(25-42-46(13,14)36(7,8)9)38-44(40,32-21-17-30(5)18-22-32)27-45(41,33-23-19-31(6)20-24-33)39-35(29(3)4)26-43-47(15,16)37(10,11)12/h17-24,28-29,34-35H,25-27H2,1-16H3/t34-,35-,44?,45?/m1/s1. The minimum atomic E-state index is -3.23. The predicted octanol–water partition coefficient (Wildman–Crippen LogP) is 10.7. The Morgan fingerprint density at radius 1 is 0.596 bits per heavy atom. The number of rotatable bonds is 14. The lowest BCUT2D eigenvalue weighted by Gasteiger charge is -2.37. The molecule has 0 saturated carbocycles. The van der Waals surface area contributed by atoms with Crippen molar-refractivity contribution in [2.75, 3.05) is 18.3 Å². The van der Waals surface area contributed by atoms with Crippen LogP contribution in [0.1, 0.15) is 80.4 Å². The third kappa shape index (κ3) is 11.4. The van der Waals surface area contributed by atoms with E-state index in [1.54, 1.807) is 0 Å². The van der Waals surface area contributed by atoms with Crippen LogP contribution >= 0.6 is 0 Å². The number of hydrogen-bond donors (Lipinski definition) is 0. The van der Waals surface area contributed by atoms with Crippen LogP contribution in [0.5, 0.6) is 0 Å². The molecule has 268 valence electrons. The van der Waals surface area contributed by atoms with Crippen LogP contribution in [0.15, 0.2) is 67.0 Å². The smallest absolute Gasteiger partial charge is 0.192 e. The molecule has 2 unspecified atom stereocenters. The number of hydrogen-bond acceptors (Lipinski definition) is 6. The highest BCUT2D eigenvalue weighted by molar-refractivity contribution is 8.10. The zero-order valence-electron chi connectivity index (χ0n) is 32.4. The van der Waals surface area contributed by atoms with Gasteiger partial charge < -0.3 is 8.85 Å². The Bertz CT molecular complexity index is 1440. The van der Waals surface area contributed by atoms with E-state index in [0.29, 0.717) is 23.0 Å². The van der Waals surface area contributed by atoms with Gasteiger partial charge in [0.1, 0.15) is 5.08 Å². The Balaban J connectivity index is 2.84. The Hall–Kier alpha value is -1.31. The average molecular weight is 723 g/mol. The number of nitrogens with zero attached hydrogens (tertiary/aromatic N) is 2. The van der Waals surface area contributed by atoms with Crippen molar-refractivity contribution in [3.8, 4) is 0 Å². The topological polar surface area (TPSA) is 77.3 Å². The van der Waals surface area contributed by atoms with Crippen molar-refractivity contribution >= 4 is 36.1 Å². The molecule has 0 aliphatic heterocycles. The molecule has 0 saturated heterocycles. The van der Waals surface area contributed by atoms with Crippen molar-refractivity contribution in [3.05, 3.63) is 59.7 Å². The van der Waals surface area contributed by atoms with Crippen LogP contribution in [0.3, 0.4) is 0 Å². The molecular formula is C37H66N2O4S2Si2. The number of benzene rings is 2. The summed E-state index contributed by atoms with van der Waals surface area (Å²) in [5.74, 6) is 0.139. The molecule has 0 aromatic heterocycles. The molecule has 0 amide bonds.